The minimum absolute atomic E-state index is 0.0122. The van der Waals surface area contributed by atoms with Crippen LogP contribution in [-0.2, 0) is 9.47 Å². The third-order valence-corrected chi connectivity index (χ3v) is 4.01. The van der Waals surface area contributed by atoms with Gasteiger partial charge in [0.05, 0.1) is 33.5 Å². The van der Waals surface area contributed by atoms with Crippen molar-refractivity contribution in [3.05, 3.63) is 6.07 Å². The van der Waals surface area contributed by atoms with E-state index < -0.39 is 5.79 Å². The first-order valence-electron chi connectivity index (χ1n) is 7.33. The van der Waals surface area contributed by atoms with Crippen LogP contribution in [0.4, 0.5) is 5.95 Å². The van der Waals surface area contributed by atoms with Gasteiger partial charge in [0.1, 0.15) is 6.10 Å². The van der Waals surface area contributed by atoms with Crippen molar-refractivity contribution in [3.8, 4) is 11.8 Å². The molecule has 1 spiro atoms. The molecule has 1 aromatic heterocycles. The third kappa shape index (κ3) is 2.94. The van der Waals surface area contributed by atoms with Gasteiger partial charge in [-0.1, -0.05) is 0 Å². The number of methoxy groups -OCH3 is 2. The van der Waals surface area contributed by atoms with Crippen LogP contribution in [0.2, 0.25) is 0 Å². The summed E-state index contributed by atoms with van der Waals surface area (Å²) in [6.45, 7) is 1.84. The van der Waals surface area contributed by atoms with Gasteiger partial charge in [0.25, 0.3) is 0 Å². The molecule has 22 heavy (non-hydrogen) atoms. The minimum Gasteiger partial charge on any atom is -0.481 e. The highest BCUT2D eigenvalue weighted by Gasteiger charge is 2.44. The normalized spacial score (nSPS) is 23.8. The highest BCUT2D eigenvalue weighted by molar-refractivity contribution is 5.37. The SMILES string of the molecule is COc1cc(OC)nc(N2CCC3(CC2)OCC(CO)O3)n1. The fraction of sp³-hybridized carbons (Fsp3) is 0.714. The van der Waals surface area contributed by atoms with E-state index in [1.807, 2.05) is 0 Å². The summed E-state index contributed by atoms with van der Waals surface area (Å²) in [5.74, 6) is 0.932. The first-order valence-corrected chi connectivity index (χ1v) is 7.33. The van der Waals surface area contributed by atoms with Gasteiger partial charge < -0.3 is 29.0 Å². The molecule has 2 aliphatic heterocycles. The Morgan fingerprint density at radius 1 is 1.27 bits per heavy atom. The van der Waals surface area contributed by atoms with Crippen LogP contribution in [0.1, 0.15) is 12.8 Å². The van der Waals surface area contributed by atoms with Crippen molar-refractivity contribution in [3.63, 3.8) is 0 Å². The van der Waals surface area contributed by atoms with E-state index in [9.17, 15) is 0 Å². The van der Waals surface area contributed by atoms with Crippen LogP contribution in [0.25, 0.3) is 0 Å². The van der Waals surface area contributed by atoms with Crippen molar-refractivity contribution in [1.82, 2.24) is 9.97 Å². The fourth-order valence-corrected chi connectivity index (χ4v) is 2.76. The molecule has 0 saturated carbocycles. The molecule has 0 amide bonds. The highest BCUT2D eigenvalue weighted by Crippen LogP contribution is 2.35. The zero-order chi connectivity index (χ0) is 15.6. The van der Waals surface area contributed by atoms with Crippen molar-refractivity contribution in [2.45, 2.75) is 24.7 Å². The Hall–Kier alpha value is -1.64. The average Bonchev–Trinajstić information content (AvgIpc) is 2.98. The quantitative estimate of drug-likeness (QED) is 0.844. The largest absolute Gasteiger partial charge is 0.481 e. The molecule has 0 bridgehead atoms. The molecule has 1 aromatic rings. The summed E-state index contributed by atoms with van der Waals surface area (Å²) in [5, 5.41) is 9.16. The molecule has 1 atom stereocenters. The van der Waals surface area contributed by atoms with E-state index in [4.69, 9.17) is 24.1 Å². The van der Waals surface area contributed by atoms with Crippen LogP contribution in [0, 0.1) is 0 Å². The van der Waals surface area contributed by atoms with Gasteiger partial charge in [-0.15, -0.1) is 0 Å². The number of aromatic nitrogens is 2. The van der Waals surface area contributed by atoms with Gasteiger partial charge in [-0.05, 0) is 0 Å². The molecule has 122 valence electrons. The number of aliphatic hydroxyl groups is 1. The van der Waals surface area contributed by atoms with Crippen LogP contribution in [0.3, 0.4) is 0 Å². The van der Waals surface area contributed by atoms with E-state index >= 15 is 0 Å². The molecule has 3 heterocycles. The summed E-state index contributed by atoms with van der Waals surface area (Å²) in [5.41, 5.74) is 0. The maximum Gasteiger partial charge on any atom is 0.231 e. The molecule has 8 nitrogen and oxygen atoms in total. The molecule has 2 saturated heterocycles. The molecule has 2 aliphatic rings. The maximum absolute atomic E-state index is 9.16. The fourth-order valence-electron chi connectivity index (χ4n) is 2.76. The van der Waals surface area contributed by atoms with Crippen LogP contribution >= 0.6 is 0 Å². The predicted octanol–water partition coefficient (Wildman–Crippen LogP) is 0.198. The Morgan fingerprint density at radius 3 is 2.41 bits per heavy atom. The van der Waals surface area contributed by atoms with Gasteiger partial charge in [0, 0.05) is 25.9 Å². The van der Waals surface area contributed by atoms with E-state index in [0.717, 1.165) is 0 Å². The Labute approximate surface area is 129 Å². The Balaban J connectivity index is 1.69. The number of anilines is 1. The number of aliphatic hydroxyl groups excluding tert-OH is 1. The van der Waals surface area contributed by atoms with Crippen LogP contribution < -0.4 is 14.4 Å². The van der Waals surface area contributed by atoms with Gasteiger partial charge in [-0.2, -0.15) is 9.97 Å². The highest BCUT2D eigenvalue weighted by atomic mass is 16.7. The molecular formula is C14H21N3O5. The number of rotatable bonds is 4. The van der Waals surface area contributed by atoms with E-state index in [1.54, 1.807) is 20.3 Å². The zero-order valence-electron chi connectivity index (χ0n) is 12.8. The number of ether oxygens (including phenoxy) is 4. The van der Waals surface area contributed by atoms with Gasteiger partial charge >= 0.3 is 0 Å². The van der Waals surface area contributed by atoms with E-state index in [-0.39, 0.29) is 12.7 Å². The summed E-state index contributed by atoms with van der Waals surface area (Å²) in [7, 11) is 3.12. The van der Waals surface area contributed by atoms with Gasteiger partial charge in [-0.3, -0.25) is 0 Å². The van der Waals surface area contributed by atoms with Crippen molar-refractivity contribution in [2.75, 3.05) is 45.4 Å². The topological polar surface area (TPSA) is 86.2 Å². The van der Waals surface area contributed by atoms with Crippen LogP contribution in [0.5, 0.6) is 11.8 Å². The van der Waals surface area contributed by atoms with E-state index in [2.05, 4.69) is 14.9 Å². The summed E-state index contributed by atoms with van der Waals surface area (Å²) in [4.78, 5) is 10.8. The van der Waals surface area contributed by atoms with Crippen molar-refractivity contribution < 1.29 is 24.1 Å². The number of hydrogen-bond donors (Lipinski definition) is 1. The third-order valence-electron chi connectivity index (χ3n) is 4.01. The number of hydrogen-bond acceptors (Lipinski definition) is 8. The first-order chi connectivity index (χ1) is 10.7. The molecule has 3 rings (SSSR count). The van der Waals surface area contributed by atoms with Gasteiger partial charge in [0.15, 0.2) is 5.79 Å². The summed E-state index contributed by atoms with van der Waals surface area (Å²) in [6, 6.07) is 1.64. The Bertz CT molecular complexity index is 497. The van der Waals surface area contributed by atoms with Gasteiger partial charge in [-0.25, -0.2) is 0 Å². The smallest absolute Gasteiger partial charge is 0.231 e. The number of nitrogens with zero attached hydrogens (tertiary/aromatic N) is 3. The standard InChI is InChI=1S/C14H21N3O5/c1-19-11-7-12(20-2)16-13(15-11)17-5-3-14(4-6-17)21-9-10(8-18)22-14/h7,10,18H,3-6,8-9H2,1-2H3. The second kappa shape index (κ2) is 6.23. The lowest BCUT2D eigenvalue weighted by molar-refractivity contribution is -0.183. The Kier molecular flexibility index (Phi) is 4.32. The zero-order valence-corrected chi connectivity index (χ0v) is 12.8. The molecule has 0 radical (unpaired) electrons. The Morgan fingerprint density at radius 2 is 1.91 bits per heavy atom. The van der Waals surface area contributed by atoms with Crippen molar-refractivity contribution in [2.24, 2.45) is 0 Å². The second-order valence-corrected chi connectivity index (χ2v) is 5.38. The number of piperidine rings is 1. The molecule has 0 aromatic carbocycles. The molecular weight excluding hydrogens is 290 g/mol. The van der Waals surface area contributed by atoms with Crippen molar-refractivity contribution in [1.29, 1.82) is 0 Å². The lowest BCUT2D eigenvalue weighted by Gasteiger charge is -2.37. The minimum atomic E-state index is -0.577. The summed E-state index contributed by atoms with van der Waals surface area (Å²) >= 11 is 0. The second-order valence-electron chi connectivity index (χ2n) is 5.38. The average molecular weight is 311 g/mol. The van der Waals surface area contributed by atoms with Crippen LogP contribution in [0.15, 0.2) is 6.07 Å². The monoisotopic (exact) mass is 311 g/mol. The van der Waals surface area contributed by atoms with Crippen molar-refractivity contribution >= 4 is 5.95 Å². The lowest BCUT2D eigenvalue weighted by Crippen LogP contribution is -2.46. The summed E-state index contributed by atoms with van der Waals surface area (Å²) < 4.78 is 21.9. The van der Waals surface area contributed by atoms with E-state index in [0.29, 0.717) is 50.2 Å². The van der Waals surface area contributed by atoms with Crippen LogP contribution in [-0.4, -0.2) is 67.5 Å². The lowest BCUT2D eigenvalue weighted by atomic mass is 10.0. The van der Waals surface area contributed by atoms with Gasteiger partial charge in [0.2, 0.25) is 17.7 Å². The molecule has 1 N–H and O–H groups in total. The predicted molar refractivity (Wildman–Crippen MR) is 77.2 cm³/mol. The maximum atomic E-state index is 9.16. The first kappa shape index (κ1) is 15.3. The van der Waals surface area contributed by atoms with E-state index in [1.165, 1.54) is 0 Å². The molecule has 1 unspecified atom stereocenters. The molecule has 8 heteroatoms. The molecule has 0 aliphatic carbocycles. The summed E-state index contributed by atoms with van der Waals surface area (Å²) in [6.07, 6.45) is 1.18. The molecule has 2 fully saturated rings.